The predicted octanol–water partition coefficient (Wildman–Crippen LogP) is 0.115. The Morgan fingerprint density at radius 1 is 1.32 bits per heavy atom. The standard InChI is InChI=1S/C12H16N2O4S/c1-9-8-10(19(13,16)17)2-3-11(9)12(15)14-4-6-18-7-5-14/h2-3,8H,4-7H2,1H3,(H2,13,16,17). The monoisotopic (exact) mass is 284 g/mol. The van der Waals surface area contributed by atoms with E-state index in [1.807, 2.05) is 0 Å². The molecule has 0 spiro atoms. The predicted molar refractivity (Wildman–Crippen MR) is 69.3 cm³/mol. The lowest BCUT2D eigenvalue weighted by Crippen LogP contribution is -2.40. The normalized spacial score (nSPS) is 16.4. The zero-order valence-electron chi connectivity index (χ0n) is 10.6. The third-order valence-electron chi connectivity index (χ3n) is 3.06. The van der Waals surface area contributed by atoms with Crippen LogP contribution >= 0.6 is 0 Å². The van der Waals surface area contributed by atoms with Gasteiger partial charge in [-0.15, -0.1) is 0 Å². The number of morpholine rings is 1. The summed E-state index contributed by atoms with van der Waals surface area (Å²) in [6.45, 7) is 3.85. The van der Waals surface area contributed by atoms with E-state index in [2.05, 4.69) is 0 Å². The molecule has 104 valence electrons. The molecule has 0 aromatic heterocycles. The number of carbonyl (C=O) groups excluding carboxylic acids is 1. The Hall–Kier alpha value is -1.44. The molecule has 0 atom stereocenters. The molecule has 2 N–H and O–H groups in total. The zero-order valence-corrected chi connectivity index (χ0v) is 11.4. The number of aryl methyl sites for hydroxylation is 1. The van der Waals surface area contributed by atoms with E-state index in [9.17, 15) is 13.2 Å². The van der Waals surface area contributed by atoms with Crippen LogP contribution in [-0.2, 0) is 14.8 Å². The van der Waals surface area contributed by atoms with Crippen LogP contribution in [0.2, 0.25) is 0 Å². The third kappa shape index (κ3) is 3.12. The van der Waals surface area contributed by atoms with Gasteiger partial charge in [-0.25, -0.2) is 13.6 Å². The Labute approximate surface area is 112 Å². The van der Waals surface area contributed by atoms with Gasteiger partial charge in [-0.2, -0.15) is 0 Å². The maximum atomic E-state index is 12.3. The van der Waals surface area contributed by atoms with Crippen LogP contribution in [0.15, 0.2) is 23.1 Å². The highest BCUT2D eigenvalue weighted by atomic mass is 32.2. The number of nitrogens with two attached hydrogens (primary N) is 1. The van der Waals surface area contributed by atoms with Crippen LogP contribution in [0.5, 0.6) is 0 Å². The fourth-order valence-electron chi connectivity index (χ4n) is 1.99. The fraction of sp³-hybridized carbons (Fsp3) is 0.417. The van der Waals surface area contributed by atoms with E-state index in [1.54, 1.807) is 11.8 Å². The van der Waals surface area contributed by atoms with E-state index >= 15 is 0 Å². The highest BCUT2D eigenvalue weighted by Gasteiger charge is 2.21. The van der Waals surface area contributed by atoms with Crippen molar-refractivity contribution < 1.29 is 17.9 Å². The molecule has 0 bridgehead atoms. The average Bonchev–Trinajstić information content (AvgIpc) is 2.38. The highest BCUT2D eigenvalue weighted by Crippen LogP contribution is 2.16. The lowest BCUT2D eigenvalue weighted by molar-refractivity contribution is 0.0302. The van der Waals surface area contributed by atoms with Gasteiger partial charge < -0.3 is 9.64 Å². The molecule has 1 aliphatic heterocycles. The second-order valence-electron chi connectivity index (χ2n) is 4.43. The molecule has 2 rings (SSSR count). The molecular weight excluding hydrogens is 268 g/mol. The van der Waals surface area contributed by atoms with Crippen molar-refractivity contribution in [1.29, 1.82) is 0 Å². The second kappa shape index (κ2) is 5.28. The van der Waals surface area contributed by atoms with E-state index in [0.29, 0.717) is 37.4 Å². The third-order valence-corrected chi connectivity index (χ3v) is 3.97. The minimum absolute atomic E-state index is 0.0172. The zero-order chi connectivity index (χ0) is 14.0. The summed E-state index contributed by atoms with van der Waals surface area (Å²) in [5.41, 5.74) is 1.09. The van der Waals surface area contributed by atoms with E-state index < -0.39 is 10.0 Å². The lowest BCUT2D eigenvalue weighted by atomic mass is 10.1. The Morgan fingerprint density at radius 2 is 1.95 bits per heavy atom. The summed E-state index contributed by atoms with van der Waals surface area (Å²) in [5, 5.41) is 5.05. The molecule has 1 aromatic carbocycles. The second-order valence-corrected chi connectivity index (χ2v) is 5.99. The van der Waals surface area contributed by atoms with Crippen LogP contribution in [0.3, 0.4) is 0 Å². The first-order valence-corrected chi connectivity index (χ1v) is 7.45. The first-order valence-electron chi connectivity index (χ1n) is 5.90. The minimum Gasteiger partial charge on any atom is -0.378 e. The van der Waals surface area contributed by atoms with Crippen molar-refractivity contribution in [1.82, 2.24) is 4.90 Å². The van der Waals surface area contributed by atoms with Gasteiger partial charge in [0.05, 0.1) is 18.1 Å². The Morgan fingerprint density at radius 3 is 2.47 bits per heavy atom. The first kappa shape index (κ1) is 14.0. The van der Waals surface area contributed by atoms with Crippen LogP contribution < -0.4 is 5.14 Å². The summed E-state index contributed by atoms with van der Waals surface area (Å²) in [4.78, 5) is 14.0. The summed E-state index contributed by atoms with van der Waals surface area (Å²) in [6.07, 6.45) is 0. The van der Waals surface area contributed by atoms with Gasteiger partial charge in [-0.1, -0.05) is 0 Å². The van der Waals surface area contributed by atoms with Gasteiger partial charge in [0.15, 0.2) is 0 Å². The number of carbonyl (C=O) groups is 1. The van der Waals surface area contributed by atoms with Crippen molar-refractivity contribution >= 4 is 15.9 Å². The molecule has 1 fully saturated rings. The molecule has 1 saturated heterocycles. The van der Waals surface area contributed by atoms with Crippen LogP contribution in [0, 0.1) is 6.92 Å². The van der Waals surface area contributed by atoms with Gasteiger partial charge in [0.1, 0.15) is 0 Å². The molecule has 0 unspecified atom stereocenters. The number of ether oxygens (including phenoxy) is 1. The van der Waals surface area contributed by atoms with Crippen molar-refractivity contribution in [2.75, 3.05) is 26.3 Å². The summed E-state index contributed by atoms with van der Waals surface area (Å²) < 4.78 is 27.7. The molecule has 6 nitrogen and oxygen atoms in total. The minimum atomic E-state index is -3.74. The van der Waals surface area contributed by atoms with E-state index in [4.69, 9.17) is 9.88 Å². The Kier molecular flexibility index (Phi) is 3.88. The quantitative estimate of drug-likeness (QED) is 0.835. The number of hydrogen-bond acceptors (Lipinski definition) is 4. The molecule has 0 saturated carbocycles. The first-order chi connectivity index (χ1) is 8.89. The molecular formula is C12H16N2O4S. The van der Waals surface area contributed by atoms with Crippen LogP contribution in [0.4, 0.5) is 0 Å². The molecule has 1 heterocycles. The molecule has 19 heavy (non-hydrogen) atoms. The Bertz CT molecular complexity index is 592. The van der Waals surface area contributed by atoms with Crippen molar-refractivity contribution in [3.63, 3.8) is 0 Å². The van der Waals surface area contributed by atoms with Gasteiger partial charge in [-0.3, -0.25) is 4.79 Å². The number of benzene rings is 1. The van der Waals surface area contributed by atoms with Crippen LogP contribution in [0.25, 0.3) is 0 Å². The van der Waals surface area contributed by atoms with Crippen molar-refractivity contribution in [2.45, 2.75) is 11.8 Å². The summed E-state index contributed by atoms with van der Waals surface area (Å²) in [7, 11) is -3.74. The molecule has 1 aliphatic rings. The summed E-state index contributed by atoms with van der Waals surface area (Å²) in [5.74, 6) is -0.109. The Balaban J connectivity index is 2.28. The molecule has 1 amide bonds. The molecule has 1 aromatic rings. The summed E-state index contributed by atoms with van der Waals surface area (Å²) in [6, 6.07) is 4.28. The summed E-state index contributed by atoms with van der Waals surface area (Å²) >= 11 is 0. The molecule has 0 radical (unpaired) electrons. The molecule has 0 aliphatic carbocycles. The van der Waals surface area contributed by atoms with Gasteiger partial charge in [0.2, 0.25) is 10.0 Å². The smallest absolute Gasteiger partial charge is 0.254 e. The van der Waals surface area contributed by atoms with Gasteiger partial charge >= 0.3 is 0 Å². The highest BCUT2D eigenvalue weighted by molar-refractivity contribution is 7.89. The topological polar surface area (TPSA) is 89.7 Å². The largest absolute Gasteiger partial charge is 0.378 e. The van der Waals surface area contributed by atoms with Gasteiger partial charge in [0, 0.05) is 18.7 Å². The average molecular weight is 284 g/mol. The number of sulfonamides is 1. The maximum absolute atomic E-state index is 12.3. The van der Waals surface area contributed by atoms with E-state index in [-0.39, 0.29) is 10.8 Å². The van der Waals surface area contributed by atoms with Gasteiger partial charge in [-0.05, 0) is 30.7 Å². The van der Waals surface area contributed by atoms with Crippen molar-refractivity contribution in [2.24, 2.45) is 5.14 Å². The fourth-order valence-corrected chi connectivity index (χ4v) is 2.59. The van der Waals surface area contributed by atoms with Gasteiger partial charge in [0.25, 0.3) is 5.91 Å². The number of amides is 1. The maximum Gasteiger partial charge on any atom is 0.254 e. The SMILES string of the molecule is Cc1cc(S(N)(=O)=O)ccc1C(=O)N1CCOCC1. The number of primary sulfonamides is 1. The number of hydrogen-bond donors (Lipinski definition) is 1. The number of nitrogens with zero attached hydrogens (tertiary/aromatic N) is 1. The van der Waals surface area contributed by atoms with Crippen molar-refractivity contribution in [3.8, 4) is 0 Å². The van der Waals surface area contributed by atoms with E-state index in [1.165, 1.54) is 18.2 Å². The van der Waals surface area contributed by atoms with Crippen LogP contribution in [0.1, 0.15) is 15.9 Å². The van der Waals surface area contributed by atoms with E-state index in [0.717, 1.165) is 0 Å². The lowest BCUT2D eigenvalue weighted by Gasteiger charge is -2.27. The number of rotatable bonds is 2. The van der Waals surface area contributed by atoms with Crippen molar-refractivity contribution in [3.05, 3.63) is 29.3 Å². The molecule has 7 heteroatoms. The van der Waals surface area contributed by atoms with Crippen LogP contribution in [-0.4, -0.2) is 45.5 Å².